The van der Waals surface area contributed by atoms with Gasteiger partial charge in [0.2, 0.25) is 0 Å². The Labute approximate surface area is 130 Å². The van der Waals surface area contributed by atoms with Crippen LogP contribution in [-0.4, -0.2) is 11.5 Å². The zero-order chi connectivity index (χ0) is 14.8. The summed E-state index contributed by atoms with van der Waals surface area (Å²) in [4.78, 5) is 8.87. The van der Waals surface area contributed by atoms with E-state index in [0.29, 0.717) is 6.61 Å². The third kappa shape index (κ3) is 9.71. The molecule has 0 fully saturated rings. The molecule has 0 radical (unpaired) electrons. The van der Waals surface area contributed by atoms with Crippen LogP contribution in [0.15, 0.2) is 24.3 Å². The van der Waals surface area contributed by atoms with E-state index < -0.39 is 6.30 Å². The Morgan fingerprint density at radius 3 is 2.20 bits per heavy atom. The van der Waals surface area contributed by atoms with E-state index in [1.54, 1.807) is 0 Å². The third-order valence-corrected chi connectivity index (χ3v) is 4.35. The van der Waals surface area contributed by atoms with Crippen LogP contribution < -0.4 is 0 Å². The van der Waals surface area contributed by atoms with Gasteiger partial charge in [0.25, 0.3) is 0 Å². The molecule has 20 heavy (non-hydrogen) atoms. The molecule has 3 nitrogen and oxygen atoms in total. The lowest BCUT2D eigenvalue weighted by Gasteiger charge is -2.05. The lowest BCUT2D eigenvalue weighted by atomic mass is 10.0. The van der Waals surface area contributed by atoms with Gasteiger partial charge in [-0.25, -0.2) is 4.57 Å². The van der Waals surface area contributed by atoms with Gasteiger partial charge in [-0.1, -0.05) is 55.5 Å². The van der Waals surface area contributed by atoms with Crippen molar-refractivity contribution in [3.8, 4) is 0 Å². The predicted octanol–water partition coefficient (Wildman–Crippen LogP) is 5.39. The van der Waals surface area contributed by atoms with E-state index >= 15 is 0 Å². The number of unbranched alkanes of at least 4 members (excludes halogenated alkanes) is 5. The summed E-state index contributed by atoms with van der Waals surface area (Å²) in [6.07, 6.45) is 4.44. The lowest BCUT2D eigenvalue weighted by molar-refractivity contribution is 0.269. The fraction of sp³-hybridized carbons (Fsp3) is 0.600. The number of hydrogen-bond acceptors (Lipinski definition) is 2. The predicted molar refractivity (Wildman–Crippen MR) is 87.3 cm³/mol. The highest BCUT2D eigenvalue weighted by molar-refractivity contribution is 9.39. The maximum absolute atomic E-state index is 10.8. The van der Waals surface area contributed by atoms with E-state index in [4.69, 9.17) is 9.42 Å². The second kappa shape index (κ2) is 9.73. The number of halogens is 1. The summed E-state index contributed by atoms with van der Waals surface area (Å²) < 4.78 is 15.5. The van der Waals surface area contributed by atoms with E-state index in [2.05, 4.69) is 46.7 Å². The molecule has 0 saturated carbocycles. The van der Waals surface area contributed by atoms with Gasteiger partial charge in [-0.05, 0) is 31.7 Å². The summed E-state index contributed by atoms with van der Waals surface area (Å²) in [5.41, 5.74) is 2.73. The molecule has 0 aliphatic rings. The molecule has 1 rings (SSSR count). The van der Waals surface area contributed by atoms with Crippen molar-refractivity contribution in [3.63, 3.8) is 0 Å². The first kappa shape index (κ1) is 17.9. The second-order valence-electron chi connectivity index (χ2n) is 5.14. The number of benzene rings is 1. The van der Waals surface area contributed by atoms with E-state index in [-0.39, 0.29) is 0 Å². The molecule has 0 aliphatic carbocycles. The quantitative estimate of drug-likeness (QED) is 0.448. The van der Waals surface area contributed by atoms with Gasteiger partial charge in [-0.15, -0.1) is 0 Å². The van der Waals surface area contributed by atoms with E-state index in [9.17, 15) is 4.57 Å². The number of aryl methyl sites for hydroxylation is 2. The largest absolute Gasteiger partial charge is 0.393 e. The van der Waals surface area contributed by atoms with Crippen molar-refractivity contribution in [3.05, 3.63) is 35.4 Å². The van der Waals surface area contributed by atoms with Crippen LogP contribution in [0.1, 0.15) is 49.7 Å². The minimum Gasteiger partial charge on any atom is -0.316 e. The van der Waals surface area contributed by atoms with Crippen LogP contribution >= 0.6 is 21.8 Å². The second-order valence-corrected chi connectivity index (χ2v) is 8.99. The summed E-state index contributed by atoms with van der Waals surface area (Å²) in [6, 6.07) is 8.75. The molecule has 1 aromatic rings. The van der Waals surface area contributed by atoms with E-state index in [1.165, 1.54) is 30.4 Å². The molecule has 0 spiro atoms. The summed E-state index contributed by atoms with van der Waals surface area (Å²) >= 11 is 2.60. The van der Waals surface area contributed by atoms with Gasteiger partial charge in [-0.3, -0.25) is 0 Å². The summed E-state index contributed by atoms with van der Waals surface area (Å²) in [6.45, 7) is 2.46. The Balaban J connectivity index is 1.92. The van der Waals surface area contributed by atoms with Crippen LogP contribution in [0.3, 0.4) is 0 Å². The molecule has 0 amide bonds. The molecule has 0 saturated heterocycles. The third-order valence-electron chi connectivity index (χ3n) is 3.23. The van der Waals surface area contributed by atoms with Crippen LogP contribution in [0.4, 0.5) is 0 Å². The summed E-state index contributed by atoms with van der Waals surface area (Å²) in [7, 11) is 0. The van der Waals surface area contributed by atoms with Gasteiger partial charge >= 0.3 is 6.30 Å². The summed E-state index contributed by atoms with van der Waals surface area (Å²) in [5, 5.41) is 0. The van der Waals surface area contributed by atoms with Crippen LogP contribution in [0, 0.1) is 6.92 Å². The molecule has 1 unspecified atom stereocenters. The monoisotopic (exact) mass is 362 g/mol. The molecular weight excluding hydrogens is 339 g/mol. The molecule has 1 N–H and O–H groups in total. The van der Waals surface area contributed by atoms with Gasteiger partial charge in [-0.2, -0.15) is 0 Å². The first-order valence-electron chi connectivity index (χ1n) is 7.20. The normalized spacial score (nSPS) is 14.2. The SMILES string of the molecule is Cc1ccc(CCCCCCCCOP(=O)(O)Br)cc1. The highest BCUT2D eigenvalue weighted by Crippen LogP contribution is 2.50. The van der Waals surface area contributed by atoms with Gasteiger partial charge < -0.3 is 9.42 Å². The molecule has 5 heteroatoms. The van der Waals surface area contributed by atoms with Gasteiger partial charge in [0.1, 0.15) is 0 Å². The van der Waals surface area contributed by atoms with Crippen molar-refractivity contribution in [2.45, 2.75) is 51.9 Å². The average molecular weight is 363 g/mol. The molecule has 0 bridgehead atoms. The van der Waals surface area contributed by atoms with Crippen LogP contribution in [0.2, 0.25) is 0 Å². The standard InChI is InChI=1S/C15H24BrO3P/c1-14-9-11-15(12-10-14)8-6-4-2-3-5-7-13-19-20(16,17)18/h9-12H,2-8,13H2,1H3,(H,17,18). The van der Waals surface area contributed by atoms with Crippen LogP contribution in [0.25, 0.3) is 0 Å². The molecule has 1 atom stereocenters. The molecule has 0 aliphatic heterocycles. The highest BCUT2D eigenvalue weighted by atomic mass is 79.9. The van der Waals surface area contributed by atoms with Crippen LogP contribution in [0.5, 0.6) is 0 Å². The molecule has 114 valence electrons. The topological polar surface area (TPSA) is 46.5 Å². The molecule has 0 heterocycles. The lowest BCUT2D eigenvalue weighted by Crippen LogP contribution is -1.90. The van der Waals surface area contributed by atoms with Crippen LogP contribution in [-0.2, 0) is 15.5 Å². The van der Waals surface area contributed by atoms with Gasteiger partial charge in [0.05, 0.1) is 6.61 Å². The zero-order valence-electron chi connectivity index (χ0n) is 12.1. The zero-order valence-corrected chi connectivity index (χ0v) is 14.5. The Bertz CT molecular complexity index is 414. The first-order valence-corrected chi connectivity index (χ1v) is 10.8. The Hall–Kier alpha value is -0.150. The van der Waals surface area contributed by atoms with E-state index in [0.717, 1.165) is 25.7 Å². The van der Waals surface area contributed by atoms with Crippen molar-refractivity contribution in [1.29, 1.82) is 0 Å². The number of rotatable bonds is 10. The van der Waals surface area contributed by atoms with Crippen molar-refractivity contribution in [2.24, 2.45) is 0 Å². The molecule has 0 aromatic heterocycles. The fourth-order valence-electron chi connectivity index (χ4n) is 2.07. The fourth-order valence-corrected chi connectivity index (χ4v) is 2.86. The summed E-state index contributed by atoms with van der Waals surface area (Å²) in [5.74, 6) is 0. The van der Waals surface area contributed by atoms with Gasteiger partial charge in [0.15, 0.2) is 0 Å². The minimum absolute atomic E-state index is 0.350. The Morgan fingerprint density at radius 2 is 1.60 bits per heavy atom. The first-order chi connectivity index (χ1) is 9.47. The smallest absolute Gasteiger partial charge is 0.316 e. The van der Waals surface area contributed by atoms with E-state index in [1.807, 2.05) is 0 Å². The average Bonchev–Trinajstić information content (AvgIpc) is 2.37. The Morgan fingerprint density at radius 1 is 1.05 bits per heavy atom. The van der Waals surface area contributed by atoms with Crippen molar-refractivity contribution in [1.82, 2.24) is 0 Å². The Kier molecular flexibility index (Phi) is 8.70. The van der Waals surface area contributed by atoms with Crippen molar-refractivity contribution in [2.75, 3.05) is 6.61 Å². The number of hydrogen-bond donors (Lipinski definition) is 1. The van der Waals surface area contributed by atoms with Crippen molar-refractivity contribution < 1.29 is 14.0 Å². The maximum atomic E-state index is 10.8. The highest BCUT2D eigenvalue weighted by Gasteiger charge is 2.11. The molecule has 1 aromatic carbocycles. The van der Waals surface area contributed by atoms with Crippen molar-refractivity contribution >= 4 is 21.8 Å². The minimum atomic E-state index is -3.46. The molecular formula is C15H24BrO3P. The van der Waals surface area contributed by atoms with Gasteiger partial charge in [0, 0.05) is 15.5 Å². The maximum Gasteiger partial charge on any atom is 0.393 e.